The summed E-state index contributed by atoms with van der Waals surface area (Å²) in [5.74, 6) is -1.17. The van der Waals surface area contributed by atoms with E-state index in [1.807, 2.05) is 12.1 Å². The molecule has 0 saturated carbocycles. The number of pyridine rings is 1. The van der Waals surface area contributed by atoms with Gasteiger partial charge in [-0.2, -0.15) is 0 Å². The van der Waals surface area contributed by atoms with Crippen LogP contribution >= 0.6 is 0 Å². The number of aliphatic hydroxyl groups is 1. The molecule has 0 aliphatic carbocycles. The molecule has 1 unspecified atom stereocenters. The van der Waals surface area contributed by atoms with E-state index in [2.05, 4.69) is 4.98 Å². The number of aromatic carboxylic acids is 1. The minimum Gasteiger partial charge on any atom is -0.475 e. The van der Waals surface area contributed by atoms with Gasteiger partial charge >= 0.3 is 5.97 Å². The lowest BCUT2D eigenvalue weighted by atomic mass is 10.0. The van der Waals surface area contributed by atoms with Crippen molar-refractivity contribution in [2.45, 2.75) is 6.10 Å². The predicted octanol–water partition coefficient (Wildman–Crippen LogP) is 2.61. The van der Waals surface area contributed by atoms with Gasteiger partial charge in [0, 0.05) is 11.6 Å². The Bertz CT molecular complexity index is 773. The zero-order chi connectivity index (χ0) is 14.1. The summed E-state index contributed by atoms with van der Waals surface area (Å²) >= 11 is 0. The number of carboxylic acid groups (broad SMARTS) is 1. The van der Waals surface area contributed by atoms with Gasteiger partial charge in [0.25, 0.3) is 0 Å². The van der Waals surface area contributed by atoms with Crippen molar-refractivity contribution in [3.05, 3.63) is 65.7 Å². The van der Waals surface area contributed by atoms with Crippen LogP contribution in [0.4, 0.5) is 0 Å². The first-order chi connectivity index (χ1) is 9.66. The van der Waals surface area contributed by atoms with Crippen molar-refractivity contribution in [2.24, 2.45) is 0 Å². The Balaban J connectivity index is 2.07. The predicted molar refractivity (Wildman–Crippen MR) is 71.5 cm³/mol. The summed E-state index contributed by atoms with van der Waals surface area (Å²) in [6.45, 7) is 0. The lowest BCUT2D eigenvalue weighted by molar-refractivity contribution is 0.0655. The highest BCUT2D eigenvalue weighted by Gasteiger charge is 2.19. The smallest absolute Gasteiger partial charge is 0.371 e. The van der Waals surface area contributed by atoms with Gasteiger partial charge < -0.3 is 14.6 Å². The number of benzene rings is 1. The second kappa shape index (κ2) is 4.79. The molecule has 3 aromatic rings. The minimum absolute atomic E-state index is 0.193. The molecule has 2 aromatic heterocycles. The fraction of sp³-hybridized carbons (Fsp3) is 0.0667. The van der Waals surface area contributed by atoms with Gasteiger partial charge in [-0.3, -0.25) is 4.98 Å². The first-order valence-corrected chi connectivity index (χ1v) is 6.01. The standard InChI is InChI=1S/C15H11NO4/c17-14(12-6-7-13(20-12)15(18)19)10-3-1-5-11-9(10)4-2-8-16-11/h1-8,14,17H,(H,18,19). The summed E-state index contributed by atoms with van der Waals surface area (Å²) in [7, 11) is 0. The molecule has 0 radical (unpaired) electrons. The normalized spacial score (nSPS) is 12.4. The van der Waals surface area contributed by atoms with Crippen molar-refractivity contribution in [3.63, 3.8) is 0 Å². The fourth-order valence-electron chi connectivity index (χ4n) is 2.13. The average Bonchev–Trinajstić information content (AvgIpc) is 2.96. The average molecular weight is 269 g/mol. The van der Waals surface area contributed by atoms with Crippen molar-refractivity contribution in [1.29, 1.82) is 0 Å². The van der Waals surface area contributed by atoms with Gasteiger partial charge in [0.15, 0.2) is 0 Å². The van der Waals surface area contributed by atoms with E-state index in [0.29, 0.717) is 5.56 Å². The van der Waals surface area contributed by atoms with Crippen LogP contribution in [0.1, 0.15) is 28.0 Å². The molecular weight excluding hydrogens is 258 g/mol. The number of hydrogen-bond acceptors (Lipinski definition) is 4. The highest BCUT2D eigenvalue weighted by atomic mass is 16.4. The van der Waals surface area contributed by atoms with Crippen molar-refractivity contribution < 1.29 is 19.4 Å². The second-order valence-corrected chi connectivity index (χ2v) is 4.33. The van der Waals surface area contributed by atoms with E-state index >= 15 is 0 Å². The van der Waals surface area contributed by atoms with Gasteiger partial charge in [-0.05, 0) is 29.8 Å². The summed E-state index contributed by atoms with van der Waals surface area (Å²) in [4.78, 5) is 15.0. The number of carboxylic acids is 1. The summed E-state index contributed by atoms with van der Waals surface area (Å²) in [5, 5.41) is 20.0. The number of furan rings is 1. The Morgan fingerprint density at radius 3 is 2.75 bits per heavy atom. The van der Waals surface area contributed by atoms with E-state index in [1.54, 1.807) is 24.4 Å². The van der Waals surface area contributed by atoms with Crippen LogP contribution in [0.2, 0.25) is 0 Å². The lowest BCUT2D eigenvalue weighted by Crippen LogP contribution is -2.00. The minimum atomic E-state index is -1.16. The molecule has 5 heteroatoms. The Morgan fingerprint density at radius 2 is 2.00 bits per heavy atom. The van der Waals surface area contributed by atoms with E-state index < -0.39 is 12.1 Å². The molecule has 100 valence electrons. The van der Waals surface area contributed by atoms with Crippen molar-refractivity contribution in [3.8, 4) is 0 Å². The molecular formula is C15H11NO4. The third-order valence-corrected chi connectivity index (χ3v) is 3.08. The van der Waals surface area contributed by atoms with Gasteiger partial charge in [-0.15, -0.1) is 0 Å². The van der Waals surface area contributed by atoms with Crippen LogP contribution in [0.5, 0.6) is 0 Å². The van der Waals surface area contributed by atoms with Gasteiger partial charge in [-0.1, -0.05) is 18.2 Å². The van der Waals surface area contributed by atoms with Crippen molar-refractivity contribution in [2.75, 3.05) is 0 Å². The first kappa shape index (κ1) is 12.4. The fourth-order valence-corrected chi connectivity index (χ4v) is 2.13. The van der Waals surface area contributed by atoms with Crippen molar-refractivity contribution in [1.82, 2.24) is 4.98 Å². The molecule has 1 atom stereocenters. The van der Waals surface area contributed by atoms with Crippen molar-refractivity contribution >= 4 is 16.9 Å². The summed E-state index contributed by atoms with van der Waals surface area (Å²) < 4.78 is 5.14. The Labute approximate surface area is 114 Å². The molecule has 0 saturated heterocycles. The largest absolute Gasteiger partial charge is 0.475 e. The maximum atomic E-state index is 10.8. The van der Waals surface area contributed by atoms with E-state index in [-0.39, 0.29) is 11.5 Å². The number of aromatic nitrogens is 1. The lowest BCUT2D eigenvalue weighted by Gasteiger charge is -2.11. The number of nitrogens with zero attached hydrogens (tertiary/aromatic N) is 1. The third-order valence-electron chi connectivity index (χ3n) is 3.08. The van der Waals surface area contributed by atoms with Crippen LogP contribution in [-0.2, 0) is 0 Å². The molecule has 3 rings (SSSR count). The number of fused-ring (bicyclic) bond motifs is 1. The zero-order valence-corrected chi connectivity index (χ0v) is 10.4. The number of hydrogen-bond donors (Lipinski definition) is 2. The first-order valence-electron chi connectivity index (χ1n) is 6.01. The number of aliphatic hydroxyl groups excluding tert-OH is 1. The molecule has 0 bridgehead atoms. The molecule has 0 fully saturated rings. The SMILES string of the molecule is O=C(O)c1ccc(C(O)c2cccc3ncccc23)o1. The quantitative estimate of drug-likeness (QED) is 0.763. The van der Waals surface area contributed by atoms with Crippen LogP contribution in [-0.4, -0.2) is 21.2 Å². The van der Waals surface area contributed by atoms with Crippen LogP contribution in [0.25, 0.3) is 10.9 Å². The maximum Gasteiger partial charge on any atom is 0.371 e. The van der Waals surface area contributed by atoms with Crippen LogP contribution in [0.3, 0.4) is 0 Å². The monoisotopic (exact) mass is 269 g/mol. The van der Waals surface area contributed by atoms with Crippen LogP contribution in [0.15, 0.2) is 53.1 Å². The Hall–Kier alpha value is -2.66. The Morgan fingerprint density at radius 1 is 1.15 bits per heavy atom. The molecule has 0 spiro atoms. The van der Waals surface area contributed by atoms with Crippen LogP contribution in [0, 0.1) is 0 Å². The molecule has 20 heavy (non-hydrogen) atoms. The summed E-state index contributed by atoms with van der Waals surface area (Å²) in [6.07, 6.45) is 0.643. The topological polar surface area (TPSA) is 83.6 Å². The molecule has 0 aliphatic rings. The third kappa shape index (κ3) is 2.04. The van der Waals surface area contributed by atoms with Crippen LogP contribution < -0.4 is 0 Å². The molecule has 2 heterocycles. The van der Waals surface area contributed by atoms with E-state index in [0.717, 1.165) is 10.9 Å². The molecule has 2 N–H and O–H groups in total. The van der Waals surface area contributed by atoms with Gasteiger partial charge in [0.1, 0.15) is 11.9 Å². The highest BCUT2D eigenvalue weighted by Crippen LogP contribution is 2.29. The number of rotatable bonds is 3. The molecule has 1 aromatic carbocycles. The van der Waals surface area contributed by atoms with E-state index in [4.69, 9.17) is 9.52 Å². The molecule has 5 nitrogen and oxygen atoms in total. The maximum absolute atomic E-state index is 10.8. The summed E-state index contributed by atoms with van der Waals surface area (Å²) in [6, 6.07) is 11.8. The molecule has 0 amide bonds. The van der Waals surface area contributed by atoms with E-state index in [1.165, 1.54) is 12.1 Å². The number of carbonyl (C=O) groups is 1. The highest BCUT2D eigenvalue weighted by molar-refractivity contribution is 5.85. The zero-order valence-electron chi connectivity index (χ0n) is 10.4. The molecule has 0 aliphatic heterocycles. The Kier molecular flexibility index (Phi) is 2.96. The summed E-state index contributed by atoms with van der Waals surface area (Å²) in [5.41, 5.74) is 1.39. The van der Waals surface area contributed by atoms with Gasteiger partial charge in [-0.25, -0.2) is 4.79 Å². The van der Waals surface area contributed by atoms with Gasteiger partial charge in [0.05, 0.1) is 5.52 Å². The van der Waals surface area contributed by atoms with E-state index in [9.17, 15) is 9.90 Å². The van der Waals surface area contributed by atoms with Gasteiger partial charge in [0.2, 0.25) is 5.76 Å². The second-order valence-electron chi connectivity index (χ2n) is 4.33.